The van der Waals surface area contributed by atoms with Crippen LogP contribution >= 0.6 is 0 Å². The molecule has 4 aromatic rings. The number of hydrogen-bond acceptors (Lipinski definition) is 6. The number of pyridine rings is 1. The molecule has 0 radical (unpaired) electrons. The Morgan fingerprint density at radius 2 is 1.97 bits per heavy atom. The Bertz CT molecular complexity index is 1630. The molecular weight excluding hydrogens is 480 g/mol. The van der Waals surface area contributed by atoms with Crippen molar-refractivity contribution in [1.82, 2.24) is 15.2 Å². The molecular formula is C30H26N4O4. The fourth-order valence-corrected chi connectivity index (χ4v) is 5.00. The number of carbonyl (C=O) groups is 2. The average molecular weight is 507 g/mol. The van der Waals surface area contributed by atoms with Gasteiger partial charge in [-0.05, 0) is 43.2 Å². The van der Waals surface area contributed by atoms with E-state index in [1.807, 2.05) is 53.6 Å². The van der Waals surface area contributed by atoms with Crippen LogP contribution in [0.15, 0.2) is 77.9 Å². The summed E-state index contributed by atoms with van der Waals surface area (Å²) in [6.45, 7) is 0.914. The van der Waals surface area contributed by atoms with Crippen LogP contribution in [0.4, 0.5) is 5.69 Å². The summed E-state index contributed by atoms with van der Waals surface area (Å²) in [5.74, 6) is 0.629. The number of rotatable bonds is 6. The molecule has 38 heavy (non-hydrogen) atoms. The number of aromatic nitrogens is 1. The zero-order valence-corrected chi connectivity index (χ0v) is 20.9. The molecule has 6 rings (SSSR count). The summed E-state index contributed by atoms with van der Waals surface area (Å²) in [5.41, 5.74) is 3.06. The molecule has 1 N–H and O–H groups in total. The maximum Gasteiger partial charge on any atom is 0.257 e. The second-order valence-corrected chi connectivity index (χ2v) is 9.25. The lowest BCUT2D eigenvalue weighted by Gasteiger charge is -2.20. The molecule has 1 aromatic heterocycles. The Labute approximate surface area is 219 Å². The lowest BCUT2D eigenvalue weighted by atomic mass is 10.1. The van der Waals surface area contributed by atoms with E-state index >= 15 is 0 Å². The lowest BCUT2D eigenvalue weighted by molar-refractivity contribution is 0.0774. The van der Waals surface area contributed by atoms with E-state index in [1.54, 1.807) is 30.5 Å². The summed E-state index contributed by atoms with van der Waals surface area (Å²) < 4.78 is 11.4. The van der Waals surface area contributed by atoms with Crippen LogP contribution in [0.1, 0.15) is 33.6 Å². The summed E-state index contributed by atoms with van der Waals surface area (Å²) in [4.78, 5) is 37.1. The van der Waals surface area contributed by atoms with Crippen molar-refractivity contribution in [3.63, 3.8) is 0 Å². The molecule has 0 spiro atoms. The van der Waals surface area contributed by atoms with E-state index in [2.05, 4.69) is 10.3 Å². The van der Waals surface area contributed by atoms with Crippen molar-refractivity contribution in [2.45, 2.75) is 18.9 Å². The van der Waals surface area contributed by atoms with E-state index in [0.29, 0.717) is 33.8 Å². The average Bonchev–Trinajstić information content (AvgIpc) is 3.38. The lowest BCUT2D eigenvalue weighted by Crippen LogP contribution is -2.35. The number of hydrogen-bond donors (Lipinski definition) is 1. The van der Waals surface area contributed by atoms with Gasteiger partial charge in [0.05, 0.1) is 41.0 Å². The van der Waals surface area contributed by atoms with Gasteiger partial charge >= 0.3 is 0 Å². The van der Waals surface area contributed by atoms with Crippen LogP contribution in [0.2, 0.25) is 0 Å². The minimum atomic E-state index is -0.259. The van der Waals surface area contributed by atoms with Crippen molar-refractivity contribution < 1.29 is 19.1 Å². The minimum Gasteiger partial charge on any atom is -0.493 e. The molecule has 2 amide bonds. The largest absolute Gasteiger partial charge is 0.493 e. The van der Waals surface area contributed by atoms with Gasteiger partial charge < -0.3 is 19.7 Å². The van der Waals surface area contributed by atoms with E-state index in [1.165, 1.54) is 7.11 Å². The van der Waals surface area contributed by atoms with Crippen molar-refractivity contribution in [2.24, 2.45) is 4.99 Å². The zero-order valence-electron chi connectivity index (χ0n) is 20.9. The van der Waals surface area contributed by atoms with Gasteiger partial charge in [-0.2, -0.15) is 0 Å². The molecule has 0 bridgehead atoms. The summed E-state index contributed by atoms with van der Waals surface area (Å²) >= 11 is 0. The van der Waals surface area contributed by atoms with E-state index in [9.17, 15) is 9.59 Å². The first-order chi connectivity index (χ1) is 18.6. The van der Waals surface area contributed by atoms with Crippen LogP contribution in [0, 0.1) is 0 Å². The number of fused-ring (bicyclic) bond motifs is 4. The predicted octanol–water partition coefficient (Wildman–Crippen LogP) is 5.04. The predicted molar refractivity (Wildman–Crippen MR) is 147 cm³/mol. The van der Waals surface area contributed by atoms with Gasteiger partial charge in [-0.25, -0.2) is 4.98 Å². The van der Waals surface area contributed by atoms with Gasteiger partial charge in [0.25, 0.3) is 11.8 Å². The van der Waals surface area contributed by atoms with E-state index < -0.39 is 0 Å². The summed E-state index contributed by atoms with van der Waals surface area (Å²) in [6, 6.07) is 18.9. The molecule has 3 heterocycles. The molecule has 0 aliphatic carbocycles. The minimum absolute atomic E-state index is 0.0347. The molecule has 8 heteroatoms. The van der Waals surface area contributed by atoms with Gasteiger partial charge in [0.15, 0.2) is 11.5 Å². The van der Waals surface area contributed by atoms with Gasteiger partial charge in [-0.1, -0.05) is 30.3 Å². The summed E-state index contributed by atoms with van der Waals surface area (Å²) in [5, 5.41) is 4.73. The fourth-order valence-electron chi connectivity index (χ4n) is 5.00. The fraction of sp³-hybridized carbons (Fsp3) is 0.200. The van der Waals surface area contributed by atoms with Crippen LogP contribution in [0.3, 0.4) is 0 Å². The summed E-state index contributed by atoms with van der Waals surface area (Å²) in [7, 11) is 1.54. The number of benzene rings is 3. The highest BCUT2D eigenvalue weighted by molar-refractivity contribution is 6.08. The first kappa shape index (κ1) is 23.7. The Morgan fingerprint density at radius 1 is 1.11 bits per heavy atom. The number of methoxy groups -OCH3 is 1. The number of aliphatic imine (C=N–C) groups is 1. The third-order valence-electron chi connectivity index (χ3n) is 6.92. The number of nitrogens with one attached hydrogen (secondary N) is 1. The molecule has 1 saturated heterocycles. The maximum atomic E-state index is 13.0. The van der Waals surface area contributed by atoms with Crippen LogP contribution < -0.4 is 14.8 Å². The van der Waals surface area contributed by atoms with Gasteiger partial charge in [0.1, 0.15) is 6.61 Å². The normalized spacial score (nSPS) is 16.5. The van der Waals surface area contributed by atoms with Crippen molar-refractivity contribution in [3.8, 4) is 11.5 Å². The Kier molecular flexibility index (Phi) is 6.21. The molecule has 190 valence electrons. The molecule has 1 atom stereocenters. The first-order valence-corrected chi connectivity index (χ1v) is 12.6. The standard InChI is InChI=1S/C30H26N4O4/c1-37-26-16-23-25(32-18-21-9-5-13-34(21)30(23)36)17-27(26)38-14-6-12-31-29(35)22-10-4-8-20-15-19-7-2-3-11-24(19)33-28(20)22/h2-4,6-8,10-12,15-18,21H,5,9,13-14H2,1H3,(H,31,35)/t21-/m0/s1. The van der Waals surface area contributed by atoms with Gasteiger partial charge in [0.2, 0.25) is 0 Å². The van der Waals surface area contributed by atoms with Gasteiger partial charge in [0, 0.05) is 35.8 Å². The van der Waals surface area contributed by atoms with E-state index in [0.717, 1.165) is 35.7 Å². The van der Waals surface area contributed by atoms with Gasteiger partial charge in [-0.3, -0.25) is 14.6 Å². The van der Waals surface area contributed by atoms with Crippen molar-refractivity contribution in [3.05, 3.63) is 84.1 Å². The zero-order chi connectivity index (χ0) is 26.1. The Hall–Kier alpha value is -4.72. The molecule has 2 aliphatic heterocycles. The highest BCUT2D eigenvalue weighted by Gasteiger charge is 2.32. The smallest absolute Gasteiger partial charge is 0.257 e. The topological polar surface area (TPSA) is 93.1 Å². The number of carbonyl (C=O) groups excluding carboxylic acids is 2. The second kappa shape index (κ2) is 9.97. The Balaban J connectivity index is 1.15. The maximum absolute atomic E-state index is 13.0. The molecule has 3 aromatic carbocycles. The third-order valence-corrected chi connectivity index (χ3v) is 6.92. The molecule has 1 fully saturated rings. The third kappa shape index (κ3) is 4.34. The quantitative estimate of drug-likeness (QED) is 0.370. The van der Waals surface area contributed by atoms with E-state index in [4.69, 9.17) is 14.5 Å². The van der Waals surface area contributed by atoms with Crippen molar-refractivity contribution in [2.75, 3.05) is 20.3 Å². The number of para-hydroxylation sites is 2. The molecule has 2 aliphatic rings. The summed E-state index contributed by atoms with van der Waals surface area (Å²) in [6.07, 6.45) is 6.99. The van der Waals surface area contributed by atoms with Crippen molar-refractivity contribution >= 4 is 45.5 Å². The van der Waals surface area contributed by atoms with Crippen LogP contribution in [-0.2, 0) is 0 Å². The van der Waals surface area contributed by atoms with Crippen molar-refractivity contribution in [1.29, 1.82) is 0 Å². The monoisotopic (exact) mass is 506 g/mol. The molecule has 8 nitrogen and oxygen atoms in total. The van der Waals surface area contributed by atoms with Crippen LogP contribution in [0.25, 0.3) is 21.8 Å². The number of amides is 2. The number of nitrogens with zero attached hydrogens (tertiary/aromatic N) is 3. The Morgan fingerprint density at radius 3 is 2.87 bits per heavy atom. The van der Waals surface area contributed by atoms with E-state index in [-0.39, 0.29) is 24.5 Å². The molecule has 0 unspecified atom stereocenters. The second-order valence-electron chi connectivity index (χ2n) is 9.25. The highest BCUT2D eigenvalue weighted by Crippen LogP contribution is 2.38. The first-order valence-electron chi connectivity index (χ1n) is 12.6. The number of ether oxygens (including phenoxy) is 2. The highest BCUT2D eigenvalue weighted by atomic mass is 16.5. The molecule has 0 saturated carbocycles. The van der Waals surface area contributed by atoms with Crippen LogP contribution in [-0.4, -0.2) is 54.2 Å². The van der Waals surface area contributed by atoms with Crippen LogP contribution in [0.5, 0.6) is 11.5 Å². The van der Waals surface area contributed by atoms with Gasteiger partial charge in [-0.15, -0.1) is 0 Å². The SMILES string of the molecule is COc1cc2c(cc1OCC=CNC(=O)c1cccc3cc4ccccc4nc13)N=C[C@@H]1CCCN1C2=O.